The van der Waals surface area contributed by atoms with E-state index < -0.39 is 17.5 Å². The first-order valence-electron chi connectivity index (χ1n) is 4.41. The molecule has 0 bridgehead atoms. The third kappa shape index (κ3) is 1.20. The smallest absolute Gasteiger partial charge is 0.322 e. The number of nitrogens with two attached hydrogens (primary N) is 1. The quantitative estimate of drug-likeness (QED) is 0.511. The molecule has 2 heterocycles. The van der Waals surface area contributed by atoms with Gasteiger partial charge < -0.3 is 15.6 Å². The van der Waals surface area contributed by atoms with Crippen LogP contribution in [0.2, 0.25) is 0 Å². The van der Waals surface area contributed by atoms with Crippen molar-refractivity contribution in [3.05, 3.63) is 18.2 Å². The zero-order chi connectivity index (χ0) is 11.1. The van der Waals surface area contributed by atoms with Crippen molar-refractivity contribution in [2.75, 3.05) is 6.54 Å². The van der Waals surface area contributed by atoms with E-state index in [1.165, 1.54) is 0 Å². The first-order chi connectivity index (χ1) is 7.10. The fourth-order valence-electron chi connectivity index (χ4n) is 1.66. The average molecular weight is 209 g/mol. The summed E-state index contributed by atoms with van der Waals surface area (Å²) in [7, 11) is 1.73. The first kappa shape index (κ1) is 9.66. The van der Waals surface area contributed by atoms with Crippen molar-refractivity contribution in [2.45, 2.75) is 5.54 Å². The highest BCUT2D eigenvalue weighted by molar-refractivity contribution is 6.07. The largest absolute Gasteiger partial charge is 0.336 e. The van der Waals surface area contributed by atoms with Gasteiger partial charge in [0, 0.05) is 26.0 Å². The Morgan fingerprint density at radius 2 is 2.33 bits per heavy atom. The van der Waals surface area contributed by atoms with Crippen molar-refractivity contribution >= 4 is 11.9 Å². The molecule has 1 atom stereocenters. The van der Waals surface area contributed by atoms with Crippen molar-refractivity contribution < 1.29 is 9.59 Å². The molecule has 1 aromatic heterocycles. The SMILES string of the molecule is Cn1ccnc1C1(CN)NC(=O)NC1=O. The van der Waals surface area contributed by atoms with Crippen LogP contribution in [0, 0.1) is 0 Å². The molecular weight excluding hydrogens is 198 g/mol. The van der Waals surface area contributed by atoms with Crippen LogP contribution in [0.4, 0.5) is 4.79 Å². The standard InChI is InChI=1S/C8H11N5O2/c1-13-3-2-10-5(13)8(4-9)6(14)11-7(15)12-8/h2-3H,4,9H2,1H3,(H2,11,12,14,15). The second-order valence-electron chi connectivity index (χ2n) is 3.38. The number of amides is 3. The summed E-state index contributed by atoms with van der Waals surface area (Å²) in [6.07, 6.45) is 3.23. The minimum absolute atomic E-state index is 0.0323. The van der Waals surface area contributed by atoms with Gasteiger partial charge in [0.2, 0.25) is 0 Å². The van der Waals surface area contributed by atoms with Gasteiger partial charge in [-0.15, -0.1) is 0 Å². The van der Waals surface area contributed by atoms with Crippen LogP contribution in [-0.2, 0) is 17.4 Å². The minimum atomic E-state index is -1.24. The van der Waals surface area contributed by atoms with Gasteiger partial charge in [-0.25, -0.2) is 9.78 Å². The molecule has 1 unspecified atom stereocenters. The van der Waals surface area contributed by atoms with E-state index in [4.69, 9.17) is 5.73 Å². The molecule has 0 spiro atoms. The minimum Gasteiger partial charge on any atom is -0.336 e. The lowest BCUT2D eigenvalue weighted by Crippen LogP contribution is -2.51. The molecule has 80 valence electrons. The van der Waals surface area contributed by atoms with E-state index in [9.17, 15) is 9.59 Å². The highest BCUT2D eigenvalue weighted by Gasteiger charge is 2.49. The summed E-state index contributed by atoms with van der Waals surface area (Å²) in [4.78, 5) is 26.8. The van der Waals surface area contributed by atoms with E-state index in [1.54, 1.807) is 24.0 Å². The average Bonchev–Trinajstić information content (AvgIpc) is 2.71. The summed E-state index contributed by atoms with van der Waals surface area (Å²) in [5.41, 5.74) is 4.31. The molecule has 0 aliphatic carbocycles. The fraction of sp³-hybridized carbons (Fsp3) is 0.375. The predicted octanol–water partition coefficient (Wildman–Crippen LogP) is -1.59. The first-order valence-corrected chi connectivity index (χ1v) is 4.41. The zero-order valence-corrected chi connectivity index (χ0v) is 8.15. The molecule has 0 saturated carbocycles. The molecule has 1 aromatic rings. The predicted molar refractivity (Wildman–Crippen MR) is 50.6 cm³/mol. The number of urea groups is 1. The van der Waals surface area contributed by atoms with E-state index in [0.29, 0.717) is 5.82 Å². The molecule has 1 aliphatic heterocycles. The number of nitrogens with zero attached hydrogens (tertiary/aromatic N) is 2. The van der Waals surface area contributed by atoms with Crippen LogP contribution in [0.25, 0.3) is 0 Å². The van der Waals surface area contributed by atoms with Gasteiger partial charge in [0.1, 0.15) is 5.82 Å². The summed E-state index contributed by atoms with van der Waals surface area (Å²) in [5, 5.41) is 4.65. The summed E-state index contributed by atoms with van der Waals surface area (Å²) in [6.45, 7) is -0.0323. The van der Waals surface area contributed by atoms with Gasteiger partial charge in [-0.05, 0) is 0 Å². The second-order valence-corrected chi connectivity index (χ2v) is 3.38. The summed E-state index contributed by atoms with van der Waals surface area (Å²) in [5.74, 6) is -0.0438. The fourth-order valence-corrected chi connectivity index (χ4v) is 1.66. The molecule has 7 nitrogen and oxygen atoms in total. The lowest BCUT2D eigenvalue weighted by molar-refractivity contribution is -0.124. The Bertz CT molecular complexity index is 426. The Morgan fingerprint density at radius 1 is 1.60 bits per heavy atom. The normalized spacial score (nSPS) is 25.2. The monoisotopic (exact) mass is 209 g/mol. The van der Waals surface area contributed by atoms with Crippen LogP contribution >= 0.6 is 0 Å². The maximum Gasteiger partial charge on any atom is 0.322 e. The lowest BCUT2D eigenvalue weighted by atomic mass is 9.99. The summed E-state index contributed by atoms with van der Waals surface area (Å²) < 4.78 is 1.65. The number of aryl methyl sites for hydroxylation is 1. The molecule has 1 aliphatic rings. The third-order valence-corrected chi connectivity index (χ3v) is 2.45. The number of hydrogen-bond acceptors (Lipinski definition) is 4. The molecule has 3 amide bonds. The van der Waals surface area contributed by atoms with Gasteiger partial charge in [-0.1, -0.05) is 0 Å². The van der Waals surface area contributed by atoms with Gasteiger partial charge in [0.25, 0.3) is 5.91 Å². The Hall–Kier alpha value is -1.89. The number of imide groups is 1. The third-order valence-electron chi connectivity index (χ3n) is 2.45. The van der Waals surface area contributed by atoms with Crippen molar-refractivity contribution in [3.8, 4) is 0 Å². The van der Waals surface area contributed by atoms with Crippen LogP contribution in [0.15, 0.2) is 12.4 Å². The number of carbonyl (C=O) groups excluding carboxylic acids is 2. The number of nitrogens with one attached hydrogen (secondary N) is 2. The van der Waals surface area contributed by atoms with Crippen LogP contribution < -0.4 is 16.4 Å². The van der Waals surface area contributed by atoms with Crippen molar-refractivity contribution in [2.24, 2.45) is 12.8 Å². The van der Waals surface area contributed by atoms with Crippen LogP contribution in [-0.4, -0.2) is 28.0 Å². The Kier molecular flexibility index (Phi) is 1.97. The highest BCUT2D eigenvalue weighted by Crippen LogP contribution is 2.21. The van der Waals surface area contributed by atoms with Gasteiger partial charge in [0.15, 0.2) is 5.54 Å². The Morgan fingerprint density at radius 3 is 2.73 bits per heavy atom. The molecule has 1 fully saturated rings. The highest BCUT2D eigenvalue weighted by atomic mass is 16.2. The number of carbonyl (C=O) groups is 2. The van der Waals surface area contributed by atoms with E-state index in [0.717, 1.165) is 0 Å². The number of rotatable bonds is 2. The van der Waals surface area contributed by atoms with Crippen LogP contribution in [0.1, 0.15) is 5.82 Å². The van der Waals surface area contributed by atoms with Gasteiger partial charge in [0.05, 0.1) is 0 Å². The molecule has 0 aromatic carbocycles. The molecule has 0 radical (unpaired) electrons. The summed E-state index contributed by atoms with van der Waals surface area (Å²) in [6, 6.07) is -0.548. The van der Waals surface area contributed by atoms with E-state index >= 15 is 0 Å². The zero-order valence-electron chi connectivity index (χ0n) is 8.15. The van der Waals surface area contributed by atoms with E-state index in [1.807, 2.05) is 0 Å². The molecule has 15 heavy (non-hydrogen) atoms. The number of imidazole rings is 1. The Labute approximate surface area is 85.7 Å². The van der Waals surface area contributed by atoms with E-state index in [-0.39, 0.29) is 6.54 Å². The maximum atomic E-state index is 11.7. The van der Waals surface area contributed by atoms with Gasteiger partial charge in [-0.3, -0.25) is 10.1 Å². The molecule has 2 rings (SSSR count). The molecule has 7 heteroatoms. The maximum absolute atomic E-state index is 11.7. The van der Waals surface area contributed by atoms with Crippen molar-refractivity contribution in [3.63, 3.8) is 0 Å². The Balaban J connectivity index is 2.51. The molecule has 4 N–H and O–H groups in total. The molecule has 1 saturated heterocycles. The van der Waals surface area contributed by atoms with Crippen molar-refractivity contribution in [1.82, 2.24) is 20.2 Å². The van der Waals surface area contributed by atoms with Gasteiger partial charge in [-0.2, -0.15) is 0 Å². The number of hydrogen-bond donors (Lipinski definition) is 3. The van der Waals surface area contributed by atoms with Gasteiger partial charge >= 0.3 is 6.03 Å². The number of aromatic nitrogens is 2. The molecular formula is C8H11N5O2. The van der Waals surface area contributed by atoms with Crippen LogP contribution in [0.3, 0.4) is 0 Å². The topological polar surface area (TPSA) is 102 Å². The second kappa shape index (κ2) is 3.06. The van der Waals surface area contributed by atoms with E-state index in [2.05, 4.69) is 15.6 Å². The summed E-state index contributed by atoms with van der Waals surface area (Å²) >= 11 is 0. The van der Waals surface area contributed by atoms with Crippen LogP contribution in [0.5, 0.6) is 0 Å². The lowest BCUT2D eigenvalue weighted by Gasteiger charge is -2.23. The van der Waals surface area contributed by atoms with Crippen molar-refractivity contribution in [1.29, 1.82) is 0 Å².